The number of nitrogens with zero attached hydrogens (tertiary/aromatic N) is 3. The van der Waals surface area contributed by atoms with E-state index >= 15 is 0 Å². The molecule has 3 heterocycles. The largest absolute Gasteiger partial charge is 0.573 e. The van der Waals surface area contributed by atoms with Crippen LogP contribution >= 0.6 is 11.3 Å². The van der Waals surface area contributed by atoms with Crippen LogP contribution in [0.1, 0.15) is 26.4 Å². The number of carbonyl (C=O) groups excluding carboxylic acids is 2. The lowest BCUT2D eigenvalue weighted by Gasteiger charge is -2.21. The molecule has 2 aliphatic rings. The number of aryl methyl sites for hydroxylation is 1. The summed E-state index contributed by atoms with van der Waals surface area (Å²) in [6.45, 7) is 4.17. The maximum atomic E-state index is 13.1. The number of methoxy groups -OCH3 is 1. The van der Waals surface area contributed by atoms with Crippen molar-refractivity contribution in [2.45, 2.75) is 13.3 Å². The molecule has 1 aromatic heterocycles. The van der Waals surface area contributed by atoms with Gasteiger partial charge in [0.2, 0.25) is 0 Å². The van der Waals surface area contributed by atoms with Crippen molar-refractivity contribution in [3.63, 3.8) is 0 Å². The topological polar surface area (TPSA) is 72.0 Å². The van der Waals surface area contributed by atoms with Crippen molar-refractivity contribution in [2.75, 3.05) is 33.3 Å². The summed E-state index contributed by atoms with van der Waals surface area (Å²) in [4.78, 5) is 34.2. The monoisotopic (exact) mass is 531 g/mol. The van der Waals surface area contributed by atoms with Crippen LogP contribution in [-0.2, 0) is 0 Å². The van der Waals surface area contributed by atoms with Gasteiger partial charge in [0.1, 0.15) is 22.2 Å². The van der Waals surface area contributed by atoms with Crippen LogP contribution < -0.4 is 9.47 Å². The van der Waals surface area contributed by atoms with Crippen molar-refractivity contribution in [2.24, 2.45) is 11.8 Å². The molecule has 2 aromatic carbocycles. The maximum Gasteiger partial charge on any atom is 0.573 e. The van der Waals surface area contributed by atoms with Crippen LogP contribution in [0.5, 0.6) is 11.5 Å². The molecule has 0 unspecified atom stereocenters. The van der Waals surface area contributed by atoms with E-state index in [1.54, 1.807) is 29.5 Å². The van der Waals surface area contributed by atoms with Crippen LogP contribution in [0.2, 0.25) is 0 Å². The summed E-state index contributed by atoms with van der Waals surface area (Å²) in [7, 11) is 1.58. The summed E-state index contributed by atoms with van der Waals surface area (Å²) in [5.41, 5.74) is 2.45. The quantitative estimate of drug-likeness (QED) is 0.470. The van der Waals surface area contributed by atoms with E-state index in [0.29, 0.717) is 53.8 Å². The second-order valence-electron chi connectivity index (χ2n) is 9.23. The minimum absolute atomic E-state index is 0.0404. The smallest absolute Gasteiger partial charge is 0.496 e. The van der Waals surface area contributed by atoms with Gasteiger partial charge < -0.3 is 19.3 Å². The minimum Gasteiger partial charge on any atom is -0.496 e. The van der Waals surface area contributed by atoms with E-state index in [4.69, 9.17) is 4.74 Å². The molecule has 2 atom stereocenters. The molecule has 5 rings (SSSR count). The average molecular weight is 532 g/mol. The lowest BCUT2D eigenvalue weighted by atomic mass is 10.0. The highest BCUT2D eigenvalue weighted by Gasteiger charge is 2.43. The van der Waals surface area contributed by atoms with Gasteiger partial charge >= 0.3 is 6.36 Å². The fraction of sp³-hybridized carbons (Fsp3) is 0.346. The number of carbonyl (C=O) groups is 2. The first kappa shape index (κ1) is 25.1. The first-order chi connectivity index (χ1) is 17.6. The number of ether oxygens (including phenoxy) is 2. The second-order valence-corrected chi connectivity index (χ2v) is 10.1. The molecule has 37 heavy (non-hydrogen) atoms. The summed E-state index contributed by atoms with van der Waals surface area (Å²) in [5.74, 6) is 0.521. The molecule has 2 amide bonds. The van der Waals surface area contributed by atoms with Gasteiger partial charge in [-0.2, -0.15) is 0 Å². The Labute approximate surface area is 215 Å². The van der Waals surface area contributed by atoms with Gasteiger partial charge in [0.25, 0.3) is 11.8 Å². The number of amides is 2. The Bertz CT molecular complexity index is 1310. The number of thiazole rings is 1. The zero-order chi connectivity index (χ0) is 26.3. The van der Waals surface area contributed by atoms with Crippen LogP contribution in [0.3, 0.4) is 0 Å². The molecule has 0 N–H and O–H groups in total. The molecular formula is C26H24F3N3O4S. The molecule has 0 radical (unpaired) electrons. The van der Waals surface area contributed by atoms with E-state index in [9.17, 15) is 22.8 Å². The fourth-order valence-electron chi connectivity index (χ4n) is 4.93. The minimum atomic E-state index is -4.76. The van der Waals surface area contributed by atoms with Crippen molar-refractivity contribution >= 4 is 23.2 Å². The standard InChI is InChI=1S/C26H24F3N3O4S/c1-15-3-4-17(9-22(15)35-2)24(33)31-10-18-12-32(13-19(18)11-31)25(34)21-14-37-23(30-21)16-5-7-20(8-6-16)36-26(27,28)29/h3-9,14,18-19H,10-13H2,1-2H3/t18-,19+. The number of hydrogen-bond donors (Lipinski definition) is 0. The summed E-state index contributed by atoms with van der Waals surface area (Å²) in [6, 6.07) is 10.8. The molecule has 0 saturated carbocycles. The molecule has 11 heteroatoms. The van der Waals surface area contributed by atoms with Gasteiger partial charge in [-0.1, -0.05) is 6.07 Å². The number of alkyl halides is 3. The van der Waals surface area contributed by atoms with Crippen LogP contribution in [0, 0.1) is 18.8 Å². The van der Waals surface area contributed by atoms with E-state index in [0.717, 1.165) is 5.56 Å². The van der Waals surface area contributed by atoms with Crippen LogP contribution in [0.4, 0.5) is 13.2 Å². The van der Waals surface area contributed by atoms with Crippen LogP contribution in [0.25, 0.3) is 10.6 Å². The maximum absolute atomic E-state index is 13.1. The van der Waals surface area contributed by atoms with E-state index in [2.05, 4.69) is 9.72 Å². The van der Waals surface area contributed by atoms with E-state index in [-0.39, 0.29) is 29.4 Å². The van der Waals surface area contributed by atoms with E-state index in [1.807, 2.05) is 17.9 Å². The normalized spacial score (nSPS) is 19.2. The van der Waals surface area contributed by atoms with Gasteiger partial charge in [-0.15, -0.1) is 24.5 Å². The molecular weight excluding hydrogens is 507 g/mol. The van der Waals surface area contributed by atoms with Gasteiger partial charge in [-0.25, -0.2) is 4.98 Å². The Kier molecular flexibility index (Phi) is 6.57. The first-order valence-electron chi connectivity index (χ1n) is 11.7. The third-order valence-corrected chi connectivity index (χ3v) is 7.67. The van der Waals surface area contributed by atoms with Crippen LogP contribution in [0.15, 0.2) is 47.8 Å². The highest BCUT2D eigenvalue weighted by Crippen LogP contribution is 2.34. The van der Waals surface area contributed by atoms with Crippen molar-refractivity contribution in [1.82, 2.24) is 14.8 Å². The van der Waals surface area contributed by atoms with Crippen molar-refractivity contribution < 1.29 is 32.2 Å². The predicted octanol–water partition coefficient (Wildman–Crippen LogP) is 4.87. The SMILES string of the molecule is COc1cc(C(=O)N2C[C@@H]3CN(C(=O)c4csc(-c5ccc(OC(F)(F)F)cc5)n4)C[C@@H]3C2)ccc1C. The van der Waals surface area contributed by atoms with Crippen molar-refractivity contribution in [3.05, 3.63) is 64.7 Å². The number of benzene rings is 2. The Hall–Kier alpha value is -3.60. The molecule has 7 nitrogen and oxygen atoms in total. The molecule has 0 spiro atoms. The highest BCUT2D eigenvalue weighted by atomic mass is 32.1. The Morgan fingerprint density at radius 3 is 2.19 bits per heavy atom. The summed E-state index contributed by atoms with van der Waals surface area (Å²) < 4.78 is 46.3. The molecule has 2 aliphatic heterocycles. The fourth-order valence-corrected chi connectivity index (χ4v) is 5.73. The molecule has 2 fully saturated rings. The third kappa shape index (κ3) is 5.27. The van der Waals surface area contributed by atoms with Gasteiger partial charge in [-0.3, -0.25) is 9.59 Å². The van der Waals surface area contributed by atoms with E-state index < -0.39 is 6.36 Å². The second kappa shape index (κ2) is 9.70. The highest BCUT2D eigenvalue weighted by molar-refractivity contribution is 7.13. The Morgan fingerprint density at radius 2 is 1.59 bits per heavy atom. The number of aromatic nitrogens is 1. The van der Waals surface area contributed by atoms with Crippen LogP contribution in [-0.4, -0.2) is 66.2 Å². The Balaban J connectivity index is 1.20. The zero-order valence-corrected chi connectivity index (χ0v) is 20.9. The number of hydrogen-bond acceptors (Lipinski definition) is 6. The molecule has 0 bridgehead atoms. The average Bonchev–Trinajstić information content (AvgIpc) is 3.58. The van der Waals surface area contributed by atoms with Gasteiger partial charge in [0.05, 0.1) is 7.11 Å². The Morgan fingerprint density at radius 1 is 0.973 bits per heavy atom. The molecule has 2 saturated heterocycles. The molecule has 0 aliphatic carbocycles. The summed E-state index contributed by atoms with van der Waals surface area (Å²) >= 11 is 1.25. The summed E-state index contributed by atoms with van der Waals surface area (Å²) in [5, 5.41) is 2.19. The third-order valence-electron chi connectivity index (χ3n) is 6.77. The van der Waals surface area contributed by atoms with Gasteiger partial charge in [0.15, 0.2) is 0 Å². The predicted molar refractivity (Wildman–Crippen MR) is 131 cm³/mol. The van der Waals surface area contributed by atoms with Crippen molar-refractivity contribution in [1.29, 1.82) is 0 Å². The van der Waals surface area contributed by atoms with E-state index in [1.165, 1.54) is 35.6 Å². The number of likely N-dealkylation sites (tertiary alicyclic amines) is 2. The van der Waals surface area contributed by atoms with Gasteiger partial charge in [-0.05, 0) is 48.9 Å². The first-order valence-corrected chi connectivity index (χ1v) is 12.5. The molecule has 3 aromatic rings. The lowest BCUT2D eigenvalue weighted by molar-refractivity contribution is -0.274. The number of halogens is 3. The lowest BCUT2D eigenvalue weighted by Crippen LogP contribution is -2.35. The molecule has 194 valence electrons. The van der Waals surface area contributed by atoms with Crippen molar-refractivity contribution in [3.8, 4) is 22.1 Å². The number of fused-ring (bicyclic) bond motifs is 1. The summed E-state index contributed by atoms with van der Waals surface area (Å²) in [6.07, 6.45) is -4.76. The number of rotatable bonds is 5. The zero-order valence-electron chi connectivity index (χ0n) is 20.1. The van der Waals surface area contributed by atoms with Gasteiger partial charge in [0, 0.05) is 54.5 Å².